The quantitative estimate of drug-likeness (QED) is 0.195. The first-order valence-corrected chi connectivity index (χ1v) is 11.8. The van der Waals surface area contributed by atoms with E-state index >= 15 is 0 Å². The van der Waals surface area contributed by atoms with Gasteiger partial charge in [-0.3, -0.25) is 0 Å². The van der Waals surface area contributed by atoms with Crippen molar-refractivity contribution in [2.24, 2.45) is 0 Å². The molecule has 0 heterocycles. The number of hydrogen-bond donors (Lipinski definition) is 4. The molecule has 0 atom stereocenters. The number of carbonyl (C=O) groups is 3. The molecule has 0 rings (SSSR count). The third-order valence-corrected chi connectivity index (χ3v) is 1.25. The van der Waals surface area contributed by atoms with E-state index in [2.05, 4.69) is 11.2 Å². The van der Waals surface area contributed by atoms with Gasteiger partial charge < -0.3 is 40.3 Å². The fraction of sp³-hybridized carbons (Fsp3) is 0.500. The van der Waals surface area contributed by atoms with Crippen LogP contribution in [0.3, 0.4) is 0 Å². The Hall–Kier alpha value is 0.820. The van der Waals surface area contributed by atoms with E-state index in [0.29, 0.717) is 0 Å². The predicted octanol–water partition coefficient (Wildman–Crippen LogP) is -10.0. The van der Waals surface area contributed by atoms with E-state index in [9.17, 15) is 29.7 Å². The van der Waals surface area contributed by atoms with E-state index in [1.165, 1.54) is 0 Å². The third-order valence-electron chi connectivity index (χ3n) is 1.25. The standard InChI is InChI=1S/C6H8O7.3Hf.3H3N.H2O/c7-3(8)1-6(13,5(11)12)2-4(9)10;;;;;;;/h13H,1-2H2,(H,7,8)(H,9,10)(H,11,12);;;;3*1H3;1H2/q;3*+1;;;;/p-3. The van der Waals surface area contributed by atoms with Crippen LogP contribution >= 0.6 is 0 Å². The van der Waals surface area contributed by atoms with Crippen molar-refractivity contribution in [1.29, 1.82) is 0 Å². The SMILES string of the molecule is O.O=C([O-])CC(O)(CC(=O)[O-])C(=O)[O-].[NH3+][Hf].[NH3+][Hf].[NH3+][Hf]. The van der Waals surface area contributed by atoms with Gasteiger partial charge in [0.05, 0.1) is 5.97 Å². The van der Waals surface area contributed by atoms with Gasteiger partial charge >= 0.3 is 85.2 Å². The molecule has 0 aliphatic carbocycles. The third kappa shape index (κ3) is 21.1. The molecule has 12 N–H and O–H groups in total. The van der Waals surface area contributed by atoms with Crippen LogP contribution in [0.2, 0.25) is 0 Å². The first kappa shape index (κ1) is 32.7. The van der Waals surface area contributed by atoms with Crippen molar-refractivity contribution >= 4 is 17.9 Å². The molecule has 0 bridgehead atoms. The summed E-state index contributed by atoms with van der Waals surface area (Å²) in [5, 5.41) is 38.9. The molecule has 0 aromatic rings. The molecule has 0 aromatic heterocycles. The van der Waals surface area contributed by atoms with Gasteiger partial charge in [0.1, 0.15) is 5.60 Å². The maximum atomic E-state index is 10.1. The van der Waals surface area contributed by atoms with E-state index in [4.69, 9.17) is 5.11 Å². The van der Waals surface area contributed by atoms with Gasteiger partial charge in [-0.15, -0.1) is 0 Å². The van der Waals surface area contributed by atoms with Gasteiger partial charge in [-0.05, 0) is 0 Å². The summed E-state index contributed by atoms with van der Waals surface area (Å²) >= 11 is 3.17. The van der Waals surface area contributed by atoms with Crippen molar-refractivity contribution in [2.75, 3.05) is 0 Å². The summed E-state index contributed by atoms with van der Waals surface area (Å²) in [5.74, 6) is -5.98. The van der Waals surface area contributed by atoms with E-state index in [1.54, 1.807) is 0 Å². The molecule has 0 saturated heterocycles. The van der Waals surface area contributed by atoms with E-state index in [0.717, 1.165) is 74.0 Å². The molecule has 0 fully saturated rings. The van der Waals surface area contributed by atoms with Crippen LogP contribution in [0, 0.1) is 0 Å². The maximum absolute atomic E-state index is 10.1. The average Bonchev–Trinajstić information content (AvgIpc) is 2.34. The van der Waals surface area contributed by atoms with Crippen molar-refractivity contribution in [3.8, 4) is 0 Å². The zero-order valence-electron chi connectivity index (χ0n) is 10.4. The van der Waals surface area contributed by atoms with Crippen LogP contribution in [-0.4, -0.2) is 34.1 Å². The summed E-state index contributed by atoms with van der Waals surface area (Å²) in [5.41, 5.74) is -2.97. The number of aliphatic hydroxyl groups is 1. The Balaban J connectivity index is -0.0000000940. The minimum absolute atomic E-state index is 0. The Labute approximate surface area is 160 Å². The summed E-state index contributed by atoms with van der Waals surface area (Å²) in [6.07, 6.45) is -2.72. The van der Waals surface area contributed by atoms with Crippen LogP contribution in [-0.2, 0) is 88.4 Å². The summed E-state index contributed by atoms with van der Waals surface area (Å²) in [7, 11) is 0. The van der Waals surface area contributed by atoms with Crippen LogP contribution in [0.15, 0.2) is 0 Å². The topological polar surface area (TPSA) is 255 Å². The molecule has 0 radical (unpaired) electrons. The molecular weight excluding hydrogens is 778 g/mol. The minimum atomic E-state index is -2.97. The Kier molecular flexibility index (Phi) is 36.1. The van der Waals surface area contributed by atoms with Gasteiger partial charge in [-0.1, -0.05) is 0 Å². The average molecular weight is 794 g/mol. The van der Waals surface area contributed by atoms with E-state index in [1.807, 2.05) is 0 Å². The van der Waals surface area contributed by atoms with Gasteiger partial charge in [0.2, 0.25) is 0 Å². The van der Waals surface area contributed by atoms with E-state index < -0.39 is 36.4 Å². The number of rotatable bonds is 5. The first-order valence-electron chi connectivity index (χ1n) is 4.17. The molecule has 115 valence electrons. The summed E-state index contributed by atoms with van der Waals surface area (Å²) < 4.78 is 10.2. The second kappa shape index (κ2) is 22.1. The zero-order chi connectivity index (χ0) is 16.6. The van der Waals surface area contributed by atoms with Crippen LogP contribution in [0.5, 0.6) is 0 Å². The van der Waals surface area contributed by atoms with E-state index in [-0.39, 0.29) is 5.48 Å². The first-order chi connectivity index (χ1) is 8.78. The van der Waals surface area contributed by atoms with Gasteiger partial charge in [0.25, 0.3) is 0 Å². The molecule has 0 aliphatic heterocycles. The molecule has 14 heteroatoms. The summed E-state index contributed by atoms with van der Waals surface area (Å²) in [4.78, 5) is 30.0. The normalized spacial score (nSPS) is 7.65. The predicted molar refractivity (Wildman–Crippen MR) is 41.5 cm³/mol. The fourth-order valence-corrected chi connectivity index (χ4v) is 0.684. The second-order valence-electron chi connectivity index (χ2n) is 2.42. The molecule has 0 spiro atoms. The number of hydrogen-bond acceptors (Lipinski definition) is 7. The van der Waals surface area contributed by atoms with Gasteiger partial charge in [-0.2, -0.15) is 0 Å². The van der Waals surface area contributed by atoms with Crippen LogP contribution in [0.25, 0.3) is 0 Å². The van der Waals surface area contributed by atoms with Crippen LogP contribution in [0.1, 0.15) is 12.8 Å². The Morgan fingerprint density at radius 3 is 1.15 bits per heavy atom. The monoisotopic (exact) mass is 798 g/mol. The fourth-order valence-electron chi connectivity index (χ4n) is 0.684. The number of carbonyl (C=O) groups excluding carboxylic acids is 3. The number of quaternary nitrogens is 3. The van der Waals surface area contributed by atoms with Crippen molar-refractivity contribution in [3.63, 3.8) is 0 Å². The molecule has 0 unspecified atom stereocenters. The van der Waals surface area contributed by atoms with Crippen LogP contribution in [0.4, 0.5) is 0 Å². The van der Waals surface area contributed by atoms with Crippen molar-refractivity contribution in [3.05, 3.63) is 0 Å². The molecule has 0 saturated carbocycles. The van der Waals surface area contributed by atoms with Crippen LogP contribution < -0.4 is 26.5 Å². The molecule has 11 nitrogen and oxygen atoms in total. The number of aliphatic carboxylic acids is 3. The van der Waals surface area contributed by atoms with Gasteiger partial charge in [0.15, 0.2) is 0 Å². The van der Waals surface area contributed by atoms with Crippen molar-refractivity contribution < 1.29 is 125 Å². The summed E-state index contributed by atoms with van der Waals surface area (Å²) in [6.45, 7) is 0. The van der Waals surface area contributed by atoms with Gasteiger partial charge in [0, 0.05) is 24.8 Å². The van der Waals surface area contributed by atoms with Crippen molar-refractivity contribution in [2.45, 2.75) is 18.4 Å². The molecule has 0 aliphatic rings. The Bertz CT molecular complexity index is 252. The number of carboxylic acid groups (broad SMARTS) is 3. The Morgan fingerprint density at radius 2 is 1.05 bits per heavy atom. The molecule has 0 aromatic carbocycles. The Morgan fingerprint density at radius 1 is 0.850 bits per heavy atom. The molecular formula is C6H16Hf3N3O8. The second-order valence-corrected chi connectivity index (χ2v) is 2.42. The molecule has 0 amide bonds. The molecule has 20 heavy (non-hydrogen) atoms. The van der Waals surface area contributed by atoms with Gasteiger partial charge in [-0.25, -0.2) is 0 Å². The summed E-state index contributed by atoms with van der Waals surface area (Å²) in [6, 6.07) is 0. The zero-order valence-corrected chi connectivity index (χ0v) is 21.2. The van der Waals surface area contributed by atoms with Crippen molar-refractivity contribution in [1.82, 2.24) is 0 Å². The number of carboxylic acids is 3.